The molecule has 0 unspecified atom stereocenters. The Balaban J connectivity index is 1.52. The van der Waals surface area contributed by atoms with Crippen LogP contribution in [0.2, 0.25) is 0 Å². The van der Waals surface area contributed by atoms with E-state index in [1.54, 1.807) is 6.20 Å². The molecular formula is C23H29N5O3S. The molecule has 1 atom stereocenters. The second-order valence-electron chi connectivity index (χ2n) is 7.88. The van der Waals surface area contributed by atoms with Crippen molar-refractivity contribution in [2.24, 2.45) is 0 Å². The first-order valence-electron chi connectivity index (χ1n) is 11.0. The van der Waals surface area contributed by atoms with E-state index in [1.165, 1.54) is 11.3 Å². The number of aliphatic hydroxyl groups is 1. The van der Waals surface area contributed by atoms with Gasteiger partial charge in [-0.1, -0.05) is 41.7 Å². The lowest BCUT2D eigenvalue weighted by atomic mass is 10.1. The van der Waals surface area contributed by atoms with Gasteiger partial charge in [0.1, 0.15) is 15.4 Å². The highest BCUT2D eigenvalue weighted by Gasteiger charge is 2.20. The average molecular weight is 456 g/mol. The molecule has 1 fully saturated rings. The minimum Gasteiger partial charge on any atom is -0.394 e. The number of hydrogen-bond donors (Lipinski definition) is 3. The summed E-state index contributed by atoms with van der Waals surface area (Å²) in [6.07, 6.45) is 2.46. The number of aliphatic hydroxyl groups excluding tert-OH is 1. The smallest absolute Gasteiger partial charge is 0.255 e. The molecule has 0 saturated carbocycles. The van der Waals surface area contributed by atoms with Crippen molar-refractivity contribution >= 4 is 33.3 Å². The van der Waals surface area contributed by atoms with Crippen LogP contribution in [0.3, 0.4) is 0 Å². The minimum atomic E-state index is -0.227. The first-order chi connectivity index (χ1) is 15.7. The van der Waals surface area contributed by atoms with E-state index in [9.17, 15) is 9.90 Å². The number of hydrogen-bond acceptors (Lipinski definition) is 8. The SMILES string of the molecule is C[C@H](CO)Nc1c(C(=O)NCCCN2CCOCC2)cnc2sc(-c3ccccc3)nc12. The zero-order valence-corrected chi connectivity index (χ0v) is 19.0. The van der Waals surface area contributed by atoms with E-state index in [-0.39, 0.29) is 18.6 Å². The topological polar surface area (TPSA) is 99.6 Å². The number of nitrogens with zero attached hydrogens (tertiary/aromatic N) is 3. The van der Waals surface area contributed by atoms with Gasteiger partial charge >= 0.3 is 0 Å². The zero-order chi connectivity index (χ0) is 22.3. The van der Waals surface area contributed by atoms with E-state index < -0.39 is 0 Å². The molecule has 4 rings (SSSR count). The summed E-state index contributed by atoms with van der Waals surface area (Å²) in [6, 6.07) is 9.68. The average Bonchev–Trinajstić information content (AvgIpc) is 3.28. The van der Waals surface area contributed by atoms with Crippen LogP contribution in [-0.4, -0.2) is 77.9 Å². The van der Waals surface area contributed by atoms with Gasteiger partial charge in [0, 0.05) is 37.4 Å². The molecule has 0 spiro atoms. The predicted octanol–water partition coefficient (Wildman–Crippen LogP) is 2.60. The van der Waals surface area contributed by atoms with Gasteiger partial charge in [0.25, 0.3) is 5.91 Å². The Kier molecular flexibility index (Phi) is 7.64. The number of ether oxygens (including phenoxy) is 1. The molecule has 0 bridgehead atoms. The number of fused-ring (bicyclic) bond motifs is 1. The van der Waals surface area contributed by atoms with Gasteiger partial charge in [0.15, 0.2) is 0 Å². The maximum Gasteiger partial charge on any atom is 0.255 e. The van der Waals surface area contributed by atoms with Crippen LogP contribution in [0.15, 0.2) is 36.5 Å². The van der Waals surface area contributed by atoms with Crippen molar-refractivity contribution in [2.75, 3.05) is 51.3 Å². The number of benzene rings is 1. The molecule has 0 radical (unpaired) electrons. The van der Waals surface area contributed by atoms with Crippen molar-refractivity contribution in [1.82, 2.24) is 20.2 Å². The van der Waals surface area contributed by atoms with E-state index in [4.69, 9.17) is 9.72 Å². The van der Waals surface area contributed by atoms with Crippen LogP contribution in [0, 0.1) is 0 Å². The van der Waals surface area contributed by atoms with Crippen molar-refractivity contribution in [3.8, 4) is 10.6 Å². The second-order valence-corrected chi connectivity index (χ2v) is 8.85. The van der Waals surface area contributed by atoms with Gasteiger partial charge in [0.2, 0.25) is 0 Å². The van der Waals surface area contributed by atoms with E-state index in [0.717, 1.165) is 54.7 Å². The van der Waals surface area contributed by atoms with Gasteiger partial charge in [-0.2, -0.15) is 0 Å². The van der Waals surface area contributed by atoms with E-state index in [2.05, 4.69) is 20.5 Å². The summed E-state index contributed by atoms with van der Waals surface area (Å²) in [6.45, 7) is 6.74. The molecule has 0 aliphatic carbocycles. The van der Waals surface area contributed by atoms with E-state index in [1.807, 2.05) is 37.3 Å². The standard InChI is InChI=1S/C23H29N5O3S/c1-16(15-29)26-19-18(21(30)24-8-5-9-28-10-12-31-13-11-28)14-25-23-20(19)27-22(32-23)17-6-3-2-4-7-17/h2-4,6-7,14,16,29H,5,8-13,15H2,1H3,(H,24,30)(H,25,26)/t16-/m1/s1. The van der Waals surface area contributed by atoms with Crippen LogP contribution in [0.4, 0.5) is 5.69 Å². The highest BCUT2D eigenvalue weighted by Crippen LogP contribution is 2.34. The molecule has 2 aromatic heterocycles. The maximum atomic E-state index is 13.0. The van der Waals surface area contributed by atoms with Crippen molar-refractivity contribution in [3.63, 3.8) is 0 Å². The summed E-state index contributed by atoms with van der Waals surface area (Å²) < 4.78 is 5.37. The van der Waals surface area contributed by atoms with Crippen LogP contribution in [0.25, 0.3) is 20.9 Å². The van der Waals surface area contributed by atoms with Crippen LogP contribution in [0.5, 0.6) is 0 Å². The van der Waals surface area contributed by atoms with Crippen LogP contribution in [-0.2, 0) is 4.74 Å². The normalized spacial score (nSPS) is 15.6. The first kappa shape index (κ1) is 22.6. The Bertz CT molecular complexity index is 1040. The van der Waals surface area contributed by atoms with Crippen LogP contribution in [0.1, 0.15) is 23.7 Å². The predicted molar refractivity (Wildman–Crippen MR) is 127 cm³/mol. The quantitative estimate of drug-likeness (QED) is 0.427. The third-order valence-corrected chi connectivity index (χ3v) is 6.41. The molecule has 1 aliphatic rings. The number of amides is 1. The number of thiazole rings is 1. The Labute approximate surface area is 191 Å². The Morgan fingerprint density at radius 1 is 1.28 bits per heavy atom. The summed E-state index contributed by atoms with van der Waals surface area (Å²) in [5.74, 6) is -0.191. The largest absolute Gasteiger partial charge is 0.394 e. The summed E-state index contributed by atoms with van der Waals surface area (Å²) in [4.78, 5) is 25.4. The summed E-state index contributed by atoms with van der Waals surface area (Å²) in [5.41, 5.74) is 2.70. The van der Waals surface area contributed by atoms with Crippen molar-refractivity contribution in [1.29, 1.82) is 0 Å². The van der Waals surface area contributed by atoms with Gasteiger partial charge in [0.05, 0.1) is 31.1 Å². The summed E-state index contributed by atoms with van der Waals surface area (Å²) in [5, 5.41) is 16.7. The molecule has 1 aliphatic heterocycles. The molecule has 1 saturated heterocycles. The molecule has 170 valence electrons. The van der Waals surface area contributed by atoms with Crippen LogP contribution < -0.4 is 10.6 Å². The van der Waals surface area contributed by atoms with Crippen molar-refractivity contribution < 1.29 is 14.6 Å². The number of morpholine rings is 1. The molecule has 8 nitrogen and oxygen atoms in total. The van der Waals surface area contributed by atoms with Gasteiger partial charge in [-0.3, -0.25) is 9.69 Å². The lowest BCUT2D eigenvalue weighted by Crippen LogP contribution is -2.38. The number of aromatic nitrogens is 2. The number of pyridine rings is 1. The zero-order valence-electron chi connectivity index (χ0n) is 18.2. The second kappa shape index (κ2) is 10.8. The van der Waals surface area contributed by atoms with Crippen LogP contribution >= 0.6 is 11.3 Å². The van der Waals surface area contributed by atoms with Crippen molar-refractivity contribution in [3.05, 3.63) is 42.1 Å². The van der Waals surface area contributed by atoms with Gasteiger partial charge in [-0.15, -0.1) is 0 Å². The first-order valence-corrected chi connectivity index (χ1v) is 11.8. The van der Waals surface area contributed by atoms with Gasteiger partial charge in [-0.05, 0) is 19.9 Å². The maximum absolute atomic E-state index is 13.0. The minimum absolute atomic E-state index is 0.0555. The fourth-order valence-electron chi connectivity index (χ4n) is 3.62. The summed E-state index contributed by atoms with van der Waals surface area (Å²) in [7, 11) is 0. The summed E-state index contributed by atoms with van der Waals surface area (Å²) >= 11 is 1.48. The molecule has 9 heteroatoms. The third-order valence-electron chi connectivity index (χ3n) is 5.40. The number of nitrogens with one attached hydrogen (secondary N) is 2. The number of rotatable bonds is 9. The monoisotopic (exact) mass is 455 g/mol. The number of anilines is 1. The lowest BCUT2D eigenvalue weighted by molar-refractivity contribution is 0.0374. The molecule has 32 heavy (non-hydrogen) atoms. The van der Waals surface area contributed by atoms with E-state index in [0.29, 0.717) is 23.3 Å². The van der Waals surface area contributed by atoms with E-state index >= 15 is 0 Å². The lowest BCUT2D eigenvalue weighted by Gasteiger charge is -2.26. The fourth-order valence-corrected chi connectivity index (χ4v) is 4.54. The fraction of sp³-hybridized carbons (Fsp3) is 0.435. The van der Waals surface area contributed by atoms with Crippen molar-refractivity contribution in [2.45, 2.75) is 19.4 Å². The van der Waals surface area contributed by atoms with Gasteiger partial charge in [-0.25, -0.2) is 9.97 Å². The molecule has 1 aromatic carbocycles. The molecule has 3 aromatic rings. The molecule has 1 amide bonds. The highest BCUT2D eigenvalue weighted by molar-refractivity contribution is 7.21. The number of carbonyl (C=O) groups excluding carboxylic acids is 1. The number of carbonyl (C=O) groups is 1. The highest BCUT2D eigenvalue weighted by atomic mass is 32.1. The Morgan fingerprint density at radius 3 is 2.81 bits per heavy atom. The Morgan fingerprint density at radius 2 is 2.06 bits per heavy atom. The third kappa shape index (κ3) is 5.42. The molecular weight excluding hydrogens is 426 g/mol. The van der Waals surface area contributed by atoms with Gasteiger partial charge < -0.3 is 20.5 Å². The molecule has 3 heterocycles. The Hall–Kier alpha value is -2.59. The molecule has 3 N–H and O–H groups in total.